The van der Waals surface area contributed by atoms with Crippen molar-refractivity contribution >= 4 is 23.4 Å². The van der Waals surface area contributed by atoms with Gasteiger partial charge in [0.15, 0.2) is 11.0 Å². The molecular formula is C12H15ClN4OS. The topological polar surface area (TPSA) is 63.0 Å². The lowest BCUT2D eigenvalue weighted by molar-refractivity contribution is 0.322. The number of aliphatic hydroxyl groups excluding tert-OH is 1. The summed E-state index contributed by atoms with van der Waals surface area (Å²) in [4.78, 5) is 0. The van der Waals surface area contributed by atoms with E-state index in [9.17, 15) is 0 Å². The van der Waals surface area contributed by atoms with E-state index in [-0.39, 0.29) is 6.61 Å². The normalized spacial score (nSPS) is 10.9. The fraction of sp³-hybridized carbons (Fsp3) is 0.333. The third-order valence-electron chi connectivity index (χ3n) is 2.42. The van der Waals surface area contributed by atoms with Crippen molar-refractivity contribution in [2.45, 2.75) is 11.7 Å². The first-order valence-electron chi connectivity index (χ1n) is 5.84. The molecule has 2 rings (SSSR count). The summed E-state index contributed by atoms with van der Waals surface area (Å²) in [6.07, 6.45) is 0. The number of aromatic nitrogens is 3. The Morgan fingerprint density at radius 1 is 1.42 bits per heavy atom. The van der Waals surface area contributed by atoms with Crippen molar-refractivity contribution in [1.82, 2.24) is 20.1 Å². The molecule has 0 atom stereocenters. The molecule has 0 saturated heterocycles. The number of hydrogen-bond acceptors (Lipinski definition) is 5. The summed E-state index contributed by atoms with van der Waals surface area (Å²) in [5.41, 5.74) is 0.920. The minimum Gasteiger partial charge on any atom is -0.396 e. The van der Waals surface area contributed by atoms with Crippen LogP contribution in [-0.4, -0.2) is 39.3 Å². The summed E-state index contributed by atoms with van der Waals surface area (Å²) in [5.74, 6) is 1.39. The Labute approximate surface area is 121 Å². The Hall–Kier alpha value is -1.08. The highest BCUT2D eigenvalue weighted by atomic mass is 35.5. The van der Waals surface area contributed by atoms with Crippen molar-refractivity contribution in [2.24, 2.45) is 0 Å². The molecule has 0 amide bonds. The van der Waals surface area contributed by atoms with Crippen LogP contribution in [0.5, 0.6) is 0 Å². The first-order chi connectivity index (χ1) is 9.26. The molecule has 0 aliphatic heterocycles. The maximum Gasteiger partial charge on any atom is 0.195 e. The minimum absolute atomic E-state index is 0.106. The molecule has 0 unspecified atom stereocenters. The van der Waals surface area contributed by atoms with E-state index in [0.29, 0.717) is 17.3 Å². The lowest BCUT2D eigenvalue weighted by atomic mass is 10.3. The predicted molar refractivity (Wildman–Crippen MR) is 76.9 cm³/mol. The van der Waals surface area contributed by atoms with Gasteiger partial charge >= 0.3 is 0 Å². The molecule has 0 saturated carbocycles. The van der Waals surface area contributed by atoms with Crippen LogP contribution in [0, 0.1) is 0 Å². The lowest BCUT2D eigenvalue weighted by Crippen LogP contribution is -2.12. The van der Waals surface area contributed by atoms with Gasteiger partial charge in [-0.25, -0.2) is 0 Å². The van der Waals surface area contributed by atoms with Crippen LogP contribution in [0.2, 0.25) is 5.02 Å². The van der Waals surface area contributed by atoms with Crippen molar-refractivity contribution in [3.63, 3.8) is 0 Å². The minimum atomic E-state index is 0.106. The quantitative estimate of drug-likeness (QED) is 0.795. The molecule has 0 aliphatic carbocycles. The smallest absolute Gasteiger partial charge is 0.195 e. The van der Waals surface area contributed by atoms with Crippen LogP contribution < -0.4 is 5.32 Å². The van der Waals surface area contributed by atoms with Crippen molar-refractivity contribution < 1.29 is 5.11 Å². The van der Waals surface area contributed by atoms with Crippen LogP contribution in [0.1, 0.15) is 5.82 Å². The zero-order valence-electron chi connectivity index (χ0n) is 10.5. The second-order valence-corrected chi connectivity index (χ2v) is 5.31. The van der Waals surface area contributed by atoms with Gasteiger partial charge in [0.1, 0.15) is 0 Å². The van der Waals surface area contributed by atoms with Gasteiger partial charge in [0, 0.05) is 10.8 Å². The number of hydrogen-bond donors (Lipinski definition) is 2. The van der Waals surface area contributed by atoms with E-state index < -0.39 is 0 Å². The molecule has 1 aromatic heterocycles. The number of benzene rings is 1. The number of nitrogens with zero attached hydrogens (tertiary/aromatic N) is 3. The van der Waals surface area contributed by atoms with Crippen LogP contribution in [0.15, 0.2) is 29.4 Å². The fourth-order valence-electron chi connectivity index (χ4n) is 1.68. The number of nitrogens with one attached hydrogen (secondary N) is 1. The Morgan fingerprint density at radius 3 is 2.95 bits per heavy atom. The summed E-state index contributed by atoms with van der Waals surface area (Å²) in [5, 5.41) is 21.7. The van der Waals surface area contributed by atoms with E-state index in [4.69, 9.17) is 16.7 Å². The number of halogens is 1. The molecule has 0 bridgehead atoms. The van der Waals surface area contributed by atoms with Crippen molar-refractivity contribution in [3.8, 4) is 5.69 Å². The monoisotopic (exact) mass is 298 g/mol. The Morgan fingerprint density at radius 2 is 2.26 bits per heavy atom. The van der Waals surface area contributed by atoms with Gasteiger partial charge in [-0.2, -0.15) is 0 Å². The molecule has 0 fully saturated rings. The highest BCUT2D eigenvalue weighted by molar-refractivity contribution is 7.99. The van der Waals surface area contributed by atoms with Gasteiger partial charge in [-0.05, 0) is 25.2 Å². The second-order valence-electron chi connectivity index (χ2n) is 3.82. The highest BCUT2D eigenvalue weighted by Crippen LogP contribution is 2.23. The molecule has 7 heteroatoms. The molecule has 2 aromatic rings. The lowest BCUT2D eigenvalue weighted by Gasteiger charge is -2.10. The predicted octanol–water partition coefficient (Wildman–Crippen LogP) is 1.72. The zero-order valence-corrected chi connectivity index (χ0v) is 12.1. The summed E-state index contributed by atoms with van der Waals surface area (Å²) in [7, 11) is 1.86. The number of thioether (sulfide) groups is 1. The van der Waals surface area contributed by atoms with Gasteiger partial charge in [0.25, 0.3) is 0 Å². The van der Waals surface area contributed by atoms with E-state index in [0.717, 1.165) is 16.7 Å². The summed E-state index contributed by atoms with van der Waals surface area (Å²) >= 11 is 7.49. The molecule has 0 spiro atoms. The van der Waals surface area contributed by atoms with E-state index in [2.05, 4.69) is 15.5 Å². The Bertz CT molecular complexity index is 546. The third-order valence-corrected chi connectivity index (χ3v) is 3.57. The average molecular weight is 299 g/mol. The standard InChI is InChI=1S/C12H15ClN4OS/c1-14-8-11-15-16-12(19-6-5-18)17(11)10-4-2-3-9(13)7-10/h2-4,7,14,18H,5-6,8H2,1H3. The Balaban J connectivity index is 2.41. The largest absolute Gasteiger partial charge is 0.396 e. The molecular weight excluding hydrogens is 284 g/mol. The van der Waals surface area contributed by atoms with Crippen molar-refractivity contribution in [2.75, 3.05) is 19.4 Å². The average Bonchev–Trinajstić information content (AvgIpc) is 2.80. The molecule has 1 aromatic carbocycles. The molecule has 102 valence electrons. The third kappa shape index (κ3) is 3.48. The zero-order chi connectivity index (χ0) is 13.7. The van der Waals surface area contributed by atoms with Crippen LogP contribution in [0.4, 0.5) is 0 Å². The Kier molecular flexibility index (Phi) is 5.21. The molecule has 5 nitrogen and oxygen atoms in total. The van der Waals surface area contributed by atoms with Crippen LogP contribution >= 0.6 is 23.4 Å². The first-order valence-corrected chi connectivity index (χ1v) is 7.21. The van der Waals surface area contributed by atoms with E-state index in [1.54, 1.807) is 0 Å². The molecule has 2 N–H and O–H groups in total. The van der Waals surface area contributed by atoms with Gasteiger partial charge in [-0.15, -0.1) is 10.2 Å². The van der Waals surface area contributed by atoms with E-state index >= 15 is 0 Å². The molecule has 0 radical (unpaired) electrons. The van der Waals surface area contributed by atoms with Gasteiger partial charge in [0.2, 0.25) is 0 Å². The SMILES string of the molecule is CNCc1nnc(SCCO)n1-c1cccc(Cl)c1. The van der Waals surface area contributed by atoms with Crippen molar-refractivity contribution in [1.29, 1.82) is 0 Å². The van der Waals surface area contributed by atoms with E-state index in [1.807, 2.05) is 35.9 Å². The first kappa shape index (κ1) is 14.3. The summed E-state index contributed by atoms with van der Waals surface area (Å²) < 4.78 is 1.95. The van der Waals surface area contributed by atoms with E-state index in [1.165, 1.54) is 11.8 Å². The molecule has 0 aliphatic rings. The van der Waals surface area contributed by atoms with Crippen LogP contribution in [0.25, 0.3) is 5.69 Å². The summed E-state index contributed by atoms with van der Waals surface area (Å²) in [6, 6.07) is 7.54. The summed E-state index contributed by atoms with van der Waals surface area (Å²) in [6.45, 7) is 0.716. The highest BCUT2D eigenvalue weighted by Gasteiger charge is 2.13. The van der Waals surface area contributed by atoms with Gasteiger partial charge in [0.05, 0.1) is 18.8 Å². The van der Waals surface area contributed by atoms with Gasteiger partial charge in [-0.1, -0.05) is 29.4 Å². The van der Waals surface area contributed by atoms with Crippen LogP contribution in [0.3, 0.4) is 0 Å². The maximum atomic E-state index is 8.93. The second kappa shape index (κ2) is 6.91. The number of rotatable bonds is 6. The molecule has 19 heavy (non-hydrogen) atoms. The van der Waals surface area contributed by atoms with Crippen LogP contribution in [-0.2, 0) is 6.54 Å². The van der Waals surface area contributed by atoms with Gasteiger partial charge < -0.3 is 10.4 Å². The maximum absolute atomic E-state index is 8.93. The van der Waals surface area contributed by atoms with Crippen molar-refractivity contribution in [3.05, 3.63) is 35.1 Å². The molecule has 1 heterocycles. The van der Waals surface area contributed by atoms with Gasteiger partial charge in [-0.3, -0.25) is 4.57 Å². The number of aliphatic hydroxyl groups is 1. The fourth-order valence-corrected chi connectivity index (χ4v) is 2.57.